The van der Waals surface area contributed by atoms with E-state index in [1.54, 1.807) is 0 Å². The Morgan fingerprint density at radius 2 is 1.81 bits per heavy atom. The van der Waals surface area contributed by atoms with Gasteiger partial charge in [-0.25, -0.2) is 4.98 Å². The van der Waals surface area contributed by atoms with Crippen LogP contribution in [-0.4, -0.2) is 15.7 Å². The summed E-state index contributed by atoms with van der Waals surface area (Å²) in [6.07, 6.45) is 0.164. The number of hydrogen-bond donors (Lipinski definition) is 1. The van der Waals surface area contributed by atoms with Crippen LogP contribution in [0.4, 0.5) is 5.95 Å². The van der Waals surface area contributed by atoms with Crippen LogP contribution in [0.5, 0.6) is 5.75 Å². The summed E-state index contributed by atoms with van der Waals surface area (Å²) in [6, 6.07) is 14.0. The molecule has 0 aliphatic carbocycles. The number of hydrogen-bond acceptors (Lipinski definition) is 3. The highest BCUT2D eigenvalue weighted by Crippen LogP contribution is 2.26. The van der Waals surface area contributed by atoms with E-state index in [9.17, 15) is 0 Å². The number of ether oxygens (including phenoxy) is 1. The van der Waals surface area contributed by atoms with Crippen molar-refractivity contribution in [2.45, 2.75) is 26.9 Å². The summed E-state index contributed by atoms with van der Waals surface area (Å²) in [5.41, 5.74) is 10.2. The van der Waals surface area contributed by atoms with Crippen LogP contribution >= 0.6 is 0 Å². The number of rotatable bonds is 3. The number of aryl methyl sites for hydroxylation is 1. The number of nitrogens with zero attached hydrogens (tertiary/aromatic N) is 2. The van der Waals surface area contributed by atoms with E-state index in [4.69, 9.17) is 10.5 Å². The van der Waals surface area contributed by atoms with E-state index in [-0.39, 0.29) is 6.10 Å². The number of imidazole rings is 1. The summed E-state index contributed by atoms with van der Waals surface area (Å²) in [7, 11) is 0. The van der Waals surface area contributed by atoms with Crippen molar-refractivity contribution in [1.82, 2.24) is 9.55 Å². The second-order valence-corrected chi connectivity index (χ2v) is 5.41. The SMILES string of the molecule is Cc1cccc2nc(N)n(-c3ccc(OC(C)C)cc3)c12. The zero-order chi connectivity index (χ0) is 15.0. The fourth-order valence-corrected chi connectivity index (χ4v) is 2.52. The fourth-order valence-electron chi connectivity index (χ4n) is 2.52. The minimum Gasteiger partial charge on any atom is -0.491 e. The predicted octanol–water partition coefficient (Wildman–Crippen LogP) is 3.70. The second kappa shape index (κ2) is 5.13. The molecule has 2 aromatic carbocycles. The zero-order valence-corrected chi connectivity index (χ0v) is 12.5. The first-order valence-corrected chi connectivity index (χ1v) is 7.07. The zero-order valence-electron chi connectivity index (χ0n) is 12.5. The van der Waals surface area contributed by atoms with Crippen LogP contribution in [0.15, 0.2) is 42.5 Å². The van der Waals surface area contributed by atoms with Gasteiger partial charge in [-0.1, -0.05) is 12.1 Å². The first-order chi connectivity index (χ1) is 10.1. The number of fused-ring (bicyclic) bond motifs is 1. The summed E-state index contributed by atoms with van der Waals surface area (Å²) in [4.78, 5) is 4.43. The molecule has 3 aromatic rings. The highest BCUT2D eigenvalue weighted by atomic mass is 16.5. The standard InChI is InChI=1S/C17H19N3O/c1-11(2)21-14-9-7-13(8-10-14)20-16-12(3)5-4-6-15(16)19-17(20)18/h4-11H,1-3H3,(H2,18,19). The maximum atomic E-state index is 6.09. The molecule has 108 valence electrons. The third-order valence-corrected chi connectivity index (χ3v) is 3.37. The average molecular weight is 281 g/mol. The monoisotopic (exact) mass is 281 g/mol. The summed E-state index contributed by atoms with van der Waals surface area (Å²) in [5.74, 6) is 1.35. The van der Waals surface area contributed by atoms with Crippen molar-refractivity contribution in [3.8, 4) is 11.4 Å². The van der Waals surface area contributed by atoms with Crippen molar-refractivity contribution in [1.29, 1.82) is 0 Å². The van der Waals surface area contributed by atoms with Crippen molar-refractivity contribution >= 4 is 17.0 Å². The molecule has 0 saturated heterocycles. The molecule has 0 radical (unpaired) electrons. The summed E-state index contributed by atoms with van der Waals surface area (Å²) in [6.45, 7) is 6.09. The maximum absolute atomic E-state index is 6.09. The Balaban J connectivity index is 2.10. The Hall–Kier alpha value is -2.49. The van der Waals surface area contributed by atoms with Gasteiger partial charge < -0.3 is 10.5 Å². The van der Waals surface area contributed by atoms with Crippen LogP contribution in [-0.2, 0) is 0 Å². The highest BCUT2D eigenvalue weighted by Gasteiger charge is 2.11. The Morgan fingerprint density at radius 3 is 2.48 bits per heavy atom. The lowest BCUT2D eigenvalue weighted by molar-refractivity contribution is 0.242. The van der Waals surface area contributed by atoms with Gasteiger partial charge in [0.05, 0.1) is 17.1 Å². The number of aromatic nitrogens is 2. The van der Waals surface area contributed by atoms with Gasteiger partial charge in [0.1, 0.15) is 5.75 Å². The van der Waals surface area contributed by atoms with E-state index in [2.05, 4.69) is 18.0 Å². The molecule has 4 nitrogen and oxygen atoms in total. The lowest BCUT2D eigenvalue weighted by Crippen LogP contribution is -2.06. The van der Waals surface area contributed by atoms with Crippen LogP contribution in [0.1, 0.15) is 19.4 Å². The topological polar surface area (TPSA) is 53.1 Å². The van der Waals surface area contributed by atoms with Gasteiger partial charge in [0.15, 0.2) is 0 Å². The molecule has 21 heavy (non-hydrogen) atoms. The van der Waals surface area contributed by atoms with Gasteiger partial charge in [-0.15, -0.1) is 0 Å². The Bertz CT molecular complexity index is 773. The van der Waals surface area contributed by atoms with Crippen LogP contribution in [0.25, 0.3) is 16.7 Å². The molecule has 0 bridgehead atoms. The van der Waals surface area contributed by atoms with Crippen LogP contribution in [0, 0.1) is 6.92 Å². The van der Waals surface area contributed by atoms with E-state index in [0.29, 0.717) is 5.95 Å². The molecule has 0 amide bonds. The summed E-state index contributed by atoms with van der Waals surface area (Å²) >= 11 is 0. The smallest absolute Gasteiger partial charge is 0.205 e. The summed E-state index contributed by atoms with van der Waals surface area (Å²) in [5, 5.41) is 0. The Labute approximate surface area is 124 Å². The third kappa shape index (κ3) is 2.44. The number of anilines is 1. The number of nitrogen functional groups attached to an aromatic ring is 1. The van der Waals surface area contributed by atoms with Gasteiger partial charge in [0, 0.05) is 5.69 Å². The molecule has 1 aromatic heterocycles. The van der Waals surface area contributed by atoms with Crippen LogP contribution < -0.4 is 10.5 Å². The minimum absolute atomic E-state index is 0.164. The Kier molecular flexibility index (Phi) is 3.29. The molecule has 0 saturated carbocycles. The second-order valence-electron chi connectivity index (χ2n) is 5.41. The molecule has 3 rings (SSSR count). The third-order valence-electron chi connectivity index (χ3n) is 3.37. The van der Waals surface area contributed by atoms with Crippen molar-refractivity contribution in [2.24, 2.45) is 0 Å². The lowest BCUT2D eigenvalue weighted by Gasteiger charge is -2.12. The molecule has 0 fully saturated rings. The number of nitrogens with two attached hydrogens (primary N) is 1. The normalized spacial score (nSPS) is 11.2. The van der Waals surface area contributed by atoms with Crippen molar-refractivity contribution < 1.29 is 4.74 Å². The van der Waals surface area contributed by atoms with E-state index in [1.807, 2.05) is 54.8 Å². The molecule has 2 N–H and O–H groups in total. The fraction of sp³-hybridized carbons (Fsp3) is 0.235. The number of para-hydroxylation sites is 1. The van der Waals surface area contributed by atoms with Gasteiger partial charge in [-0.3, -0.25) is 4.57 Å². The Morgan fingerprint density at radius 1 is 1.10 bits per heavy atom. The molecule has 0 atom stereocenters. The van der Waals surface area contributed by atoms with Gasteiger partial charge in [-0.2, -0.15) is 0 Å². The van der Waals surface area contributed by atoms with E-state index in [1.165, 1.54) is 0 Å². The van der Waals surface area contributed by atoms with Crippen molar-refractivity contribution in [2.75, 3.05) is 5.73 Å². The quantitative estimate of drug-likeness (QED) is 0.796. The van der Waals surface area contributed by atoms with Crippen LogP contribution in [0.2, 0.25) is 0 Å². The minimum atomic E-state index is 0.164. The molecule has 0 spiro atoms. The van der Waals surface area contributed by atoms with Crippen molar-refractivity contribution in [3.63, 3.8) is 0 Å². The predicted molar refractivity (Wildman–Crippen MR) is 86.0 cm³/mol. The van der Waals surface area contributed by atoms with Gasteiger partial charge >= 0.3 is 0 Å². The molecular formula is C17H19N3O. The molecular weight excluding hydrogens is 262 g/mol. The summed E-state index contributed by atoms with van der Waals surface area (Å²) < 4.78 is 7.65. The van der Waals surface area contributed by atoms with Gasteiger partial charge in [0.25, 0.3) is 0 Å². The highest BCUT2D eigenvalue weighted by molar-refractivity contribution is 5.83. The van der Waals surface area contributed by atoms with Gasteiger partial charge in [-0.05, 0) is 56.7 Å². The lowest BCUT2D eigenvalue weighted by atomic mass is 10.2. The van der Waals surface area contributed by atoms with Crippen molar-refractivity contribution in [3.05, 3.63) is 48.0 Å². The van der Waals surface area contributed by atoms with E-state index >= 15 is 0 Å². The molecule has 0 aliphatic rings. The molecule has 0 unspecified atom stereocenters. The average Bonchev–Trinajstić information content (AvgIpc) is 2.77. The van der Waals surface area contributed by atoms with E-state index < -0.39 is 0 Å². The molecule has 1 heterocycles. The number of benzene rings is 2. The first-order valence-electron chi connectivity index (χ1n) is 7.07. The van der Waals surface area contributed by atoms with Crippen LogP contribution in [0.3, 0.4) is 0 Å². The first kappa shape index (κ1) is 13.5. The maximum Gasteiger partial charge on any atom is 0.205 e. The largest absolute Gasteiger partial charge is 0.491 e. The van der Waals surface area contributed by atoms with E-state index in [0.717, 1.165) is 28.0 Å². The van der Waals surface area contributed by atoms with Gasteiger partial charge in [0.2, 0.25) is 5.95 Å². The molecule has 0 aliphatic heterocycles. The molecule has 4 heteroatoms.